The van der Waals surface area contributed by atoms with Gasteiger partial charge in [0.2, 0.25) is 0 Å². The van der Waals surface area contributed by atoms with Crippen LogP contribution >= 0.6 is 0 Å². The van der Waals surface area contributed by atoms with Crippen molar-refractivity contribution in [3.63, 3.8) is 0 Å². The van der Waals surface area contributed by atoms with Gasteiger partial charge in [-0.2, -0.15) is 0 Å². The summed E-state index contributed by atoms with van der Waals surface area (Å²) in [4.78, 5) is 15.3. The summed E-state index contributed by atoms with van der Waals surface area (Å²) >= 11 is 0. The molecule has 0 bridgehead atoms. The summed E-state index contributed by atoms with van der Waals surface area (Å²) < 4.78 is 5.89. The summed E-state index contributed by atoms with van der Waals surface area (Å²) in [5.74, 6) is 0.619. The maximum Gasteiger partial charge on any atom is 0.265 e. The minimum atomic E-state index is -0.508. The fraction of sp³-hybridized carbons (Fsp3) is 0.458. The summed E-state index contributed by atoms with van der Waals surface area (Å²) in [7, 11) is 2.20. The number of carbonyl (C=O) groups is 1. The first-order valence-electron chi connectivity index (χ1n) is 10.5. The van der Waals surface area contributed by atoms with E-state index < -0.39 is 6.10 Å². The Balaban J connectivity index is 1.65. The highest BCUT2D eigenvalue weighted by molar-refractivity contribution is 5.95. The monoisotopic (exact) mass is 380 g/mol. The van der Waals surface area contributed by atoms with Gasteiger partial charge in [-0.15, -0.1) is 0 Å². The minimum Gasteiger partial charge on any atom is -0.481 e. The van der Waals surface area contributed by atoms with Gasteiger partial charge < -0.3 is 10.1 Å². The number of rotatable bonds is 8. The van der Waals surface area contributed by atoms with E-state index in [2.05, 4.69) is 23.3 Å². The minimum absolute atomic E-state index is 0.0980. The quantitative estimate of drug-likeness (QED) is 0.680. The normalized spacial score (nSPS) is 16.0. The molecule has 0 aliphatic heterocycles. The molecule has 1 aliphatic carbocycles. The van der Waals surface area contributed by atoms with Crippen LogP contribution in [-0.4, -0.2) is 30.0 Å². The van der Waals surface area contributed by atoms with Crippen LogP contribution in [0.5, 0.6) is 5.75 Å². The van der Waals surface area contributed by atoms with Crippen molar-refractivity contribution < 1.29 is 9.53 Å². The molecule has 3 rings (SSSR count). The molecule has 0 radical (unpaired) electrons. The molecule has 150 valence electrons. The van der Waals surface area contributed by atoms with Crippen LogP contribution in [0.3, 0.4) is 0 Å². The summed E-state index contributed by atoms with van der Waals surface area (Å²) in [6, 6.07) is 18.3. The maximum absolute atomic E-state index is 12.8. The van der Waals surface area contributed by atoms with Gasteiger partial charge in [0.1, 0.15) is 5.75 Å². The predicted octanol–water partition coefficient (Wildman–Crippen LogP) is 5.25. The lowest BCUT2D eigenvalue weighted by molar-refractivity contribution is -0.122. The molecule has 0 saturated heterocycles. The fourth-order valence-corrected chi connectivity index (χ4v) is 3.90. The van der Waals surface area contributed by atoms with Crippen molar-refractivity contribution in [2.45, 2.75) is 64.1 Å². The first kappa shape index (κ1) is 20.4. The number of benzene rings is 2. The van der Waals surface area contributed by atoms with E-state index in [0.29, 0.717) is 12.5 Å². The second-order valence-corrected chi connectivity index (χ2v) is 7.68. The van der Waals surface area contributed by atoms with Crippen molar-refractivity contribution in [2.24, 2.45) is 0 Å². The summed E-state index contributed by atoms with van der Waals surface area (Å²) in [5.41, 5.74) is 2.03. The Morgan fingerprint density at radius 2 is 1.75 bits per heavy atom. The molecule has 1 unspecified atom stereocenters. The van der Waals surface area contributed by atoms with Crippen molar-refractivity contribution in [3.8, 4) is 5.75 Å². The van der Waals surface area contributed by atoms with Crippen LogP contribution in [-0.2, 0) is 11.3 Å². The zero-order valence-electron chi connectivity index (χ0n) is 17.1. The molecule has 0 aromatic heterocycles. The van der Waals surface area contributed by atoms with Crippen LogP contribution in [0.4, 0.5) is 5.69 Å². The Labute approximate surface area is 168 Å². The van der Waals surface area contributed by atoms with Crippen LogP contribution in [0.2, 0.25) is 0 Å². The number of carbonyl (C=O) groups excluding carboxylic acids is 1. The van der Waals surface area contributed by atoms with Crippen LogP contribution in [0.15, 0.2) is 54.6 Å². The summed E-state index contributed by atoms with van der Waals surface area (Å²) in [6.45, 7) is 2.81. The third kappa shape index (κ3) is 5.59. The third-order valence-corrected chi connectivity index (χ3v) is 5.58. The van der Waals surface area contributed by atoms with E-state index in [4.69, 9.17) is 4.74 Å². The number of hydrogen-bond acceptors (Lipinski definition) is 3. The number of para-hydroxylation sites is 2. The lowest BCUT2D eigenvalue weighted by atomic mass is 9.94. The van der Waals surface area contributed by atoms with Crippen LogP contribution in [0.25, 0.3) is 0 Å². The molecule has 1 fully saturated rings. The van der Waals surface area contributed by atoms with Crippen molar-refractivity contribution in [3.05, 3.63) is 60.2 Å². The molecular formula is C24H32N2O2. The van der Waals surface area contributed by atoms with E-state index in [9.17, 15) is 4.79 Å². The Morgan fingerprint density at radius 3 is 2.46 bits per heavy atom. The Morgan fingerprint density at radius 1 is 1.07 bits per heavy atom. The summed E-state index contributed by atoms with van der Waals surface area (Å²) in [6.07, 6.45) is 6.65. The van der Waals surface area contributed by atoms with E-state index >= 15 is 0 Å². The zero-order valence-corrected chi connectivity index (χ0v) is 17.1. The van der Waals surface area contributed by atoms with Gasteiger partial charge >= 0.3 is 0 Å². The smallest absolute Gasteiger partial charge is 0.265 e. The fourth-order valence-electron chi connectivity index (χ4n) is 3.90. The Kier molecular flexibility index (Phi) is 7.49. The van der Waals surface area contributed by atoms with Gasteiger partial charge in [0.15, 0.2) is 6.10 Å². The highest BCUT2D eigenvalue weighted by Crippen LogP contribution is 2.25. The van der Waals surface area contributed by atoms with E-state index in [-0.39, 0.29) is 5.91 Å². The molecule has 1 amide bonds. The van der Waals surface area contributed by atoms with Crippen molar-refractivity contribution in [2.75, 3.05) is 12.4 Å². The van der Waals surface area contributed by atoms with Gasteiger partial charge in [0.25, 0.3) is 5.91 Å². The molecule has 1 aliphatic rings. The van der Waals surface area contributed by atoms with Gasteiger partial charge in [0.05, 0.1) is 0 Å². The highest BCUT2D eigenvalue weighted by Gasteiger charge is 2.21. The van der Waals surface area contributed by atoms with Crippen LogP contribution in [0.1, 0.15) is 51.0 Å². The van der Waals surface area contributed by atoms with Gasteiger partial charge in [-0.1, -0.05) is 62.6 Å². The van der Waals surface area contributed by atoms with Crippen LogP contribution in [0, 0.1) is 0 Å². The molecule has 0 spiro atoms. The molecule has 28 heavy (non-hydrogen) atoms. The van der Waals surface area contributed by atoms with Gasteiger partial charge in [-0.25, -0.2) is 0 Å². The lowest BCUT2D eigenvalue weighted by Crippen LogP contribution is -2.34. The van der Waals surface area contributed by atoms with E-state index in [1.807, 2.05) is 55.5 Å². The molecule has 1 N–H and O–H groups in total. The molecule has 1 saturated carbocycles. The average molecular weight is 381 g/mol. The molecule has 0 heterocycles. The summed E-state index contributed by atoms with van der Waals surface area (Å²) in [5, 5.41) is 3.10. The van der Waals surface area contributed by atoms with E-state index in [1.165, 1.54) is 32.1 Å². The Bertz CT molecular complexity index is 741. The second kappa shape index (κ2) is 10.3. The van der Waals surface area contributed by atoms with E-state index in [0.717, 1.165) is 23.5 Å². The number of amides is 1. The number of nitrogens with zero attached hydrogens (tertiary/aromatic N) is 1. The molecule has 1 atom stereocenters. The number of hydrogen-bond donors (Lipinski definition) is 1. The highest BCUT2D eigenvalue weighted by atomic mass is 16.5. The van der Waals surface area contributed by atoms with Gasteiger partial charge in [-0.05, 0) is 50.1 Å². The molecule has 2 aromatic carbocycles. The first-order chi connectivity index (χ1) is 13.7. The molecule has 4 heteroatoms. The number of ether oxygens (including phenoxy) is 1. The number of anilines is 1. The maximum atomic E-state index is 12.8. The van der Waals surface area contributed by atoms with Crippen LogP contribution < -0.4 is 10.1 Å². The number of nitrogens with one attached hydrogen (secondary N) is 1. The molecular weight excluding hydrogens is 348 g/mol. The molecule has 2 aromatic rings. The van der Waals surface area contributed by atoms with Gasteiger partial charge in [-0.3, -0.25) is 9.69 Å². The van der Waals surface area contributed by atoms with Crippen molar-refractivity contribution >= 4 is 11.6 Å². The SMILES string of the molecule is CCC(Oc1ccccc1)C(=O)Nc1ccccc1CN(C)C1CCCCC1. The Hall–Kier alpha value is -2.33. The standard InChI is InChI=1S/C24H32N2O2/c1-3-23(28-21-15-8-5-9-16-21)24(27)25-22-17-11-10-12-19(22)18-26(2)20-13-6-4-7-14-20/h5,8-12,15-17,20,23H,3-4,6-7,13-14,18H2,1-2H3,(H,25,27). The first-order valence-corrected chi connectivity index (χ1v) is 10.5. The molecule has 4 nitrogen and oxygen atoms in total. The van der Waals surface area contributed by atoms with E-state index in [1.54, 1.807) is 0 Å². The largest absolute Gasteiger partial charge is 0.481 e. The topological polar surface area (TPSA) is 41.6 Å². The zero-order chi connectivity index (χ0) is 19.8. The van der Waals surface area contributed by atoms with Crippen molar-refractivity contribution in [1.82, 2.24) is 4.90 Å². The predicted molar refractivity (Wildman–Crippen MR) is 115 cm³/mol. The second-order valence-electron chi connectivity index (χ2n) is 7.68. The van der Waals surface area contributed by atoms with Gasteiger partial charge in [0, 0.05) is 18.3 Å². The average Bonchev–Trinajstić information content (AvgIpc) is 2.74. The third-order valence-electron chi connectivity index (χ3n) is 5.58. The van der Waals surface area contributed by atoms with Crippen molar-refractivity contribution in [1.29, 1.82) is 0 Å². The lowest BCUT2D eigenvalue weighted by Gasteiger charge is -2.31.